The Bertz CT molecular complexity index is 869. The highest BCUT2D eigenvalue weighted by Crippen LogP contribution is 2.25. The number of methoxy groups -OCH3 is 1. The van der Waals surface area contributed by atoms with Crippen molar-refractivity contribution in [2.75, 3.05) is 7.11 Å². The Morgan fingerprint density at radius 1 is 1.50 bits per heavy atom. The summed E-state index contributed by atoms with van der Waals surface area (Å²) < 4.78 is 34.4. The molecule has 126 valence electrons. The molecule has 1 aliphatic rings. The summed E-state index contributed by atoms with van der Waals surface area (Å²) in [6.45, 7) is 0.974. The number of hydrogen-bond donors (Lipinski definition) is 1. The van der Waals surface area contributed by atoms with E-state index in [1.807, 2.05) is 6.07 Å². The van der Waals surface area contributed by atoms with Crippen LogP contribution in [0.15, 0.2) is 23.2 Å². The van der Waals surface area contributed by atoms with Crippen LogP contribution < -0.4 is 4.72 Å². The van der Waals surface area contributed by atoms with E-state index in [0.29, 0.717) is 24.6 Å². The van der Waals surface area contributed by atoms with Crippen molar-refractivity contribution in [3.63, 3.8) is 0 Å². The van der Waals surface area contributed by atoms with Crippen molar-refractivity contribution in [2.45, 2.75) is 36.9 Å². The summed E-state index contributed by atoms with van der Waals surface area (Å²) in [6.07, 6.45) is 2.60. The number of pyridine rings is 1. The number of fused-ring (bicyclic) bond motifs is 1. The lowest BCUT2D eigenvalue weighted by Crippen LogP contribution is -2.33. The first-order chi connectivity index (χ1) is 11.5. The lowest BCUT2D eigenvalue weighted by molar-refractivity contribution is 0.177. The molecule has 1 atom stereocenters. The number of rotatable bonds is 5. The highest BCUT2D eigenvalue weighted by molar-refractivity contribution is 7.89. The van der Waals surface area contributed by atoms with E-state index >= 15 is 0 Å². The molecule has 3 rings (SSSR count). The molecule has 9 nitrogen and oxygen atoms in total. The second-order valence-corrected chi connectivity index (χ2v) is 7.06. The van der Waals surface area contributed by atoms with Gasteiger partial charge in [0.25, 0.3) is 0 Å². The van der Waals surface area contributed by atoms with Crippen molar-refractivity contribution in [3.8, 4) is 6.07 Å². The molecule has 0 saturated carbocycles. The molecule has 1 aliphatic heterocycles. The number of aryl methyl sites for hydroxylation is 1. The first-order valence-corrected chi connectivity index (χ1v) is 8.83. The summed E-state index contributed by atoms with van der Waals surface area (Å²) in [5, 5.41) is 13.1. The largest absolute Gasteiger partial charge is 0.377 e. The lowest BCUT2D eigenvalue weighted by atomic mass is 10.1. The zero-order chi connectivity index (χ0) is 17.2. The average Bonchev–Trinajstić information content (AvgIpc) is 2.99. The smallest absolute Gasteiger partial charge is 0.242 e. The van der Waals surface area contributed by atoms with Crippen molar-refractivity contribution in [1.82, 2.24) is 24.5 Å². The van der Waals surface area contributed by atoms with Crippen LogP contribution >= 0.6 is 0 Å². The third-order valence-electron chi connectivity index (χ3n) is 3.65. The number of sulfonamides is 1. The molecule has 0 unspecified atom stereocenters. The molecule has 0 aliphatic carbocycles. The Kier molecular flexibility index (Phi) is 4.57. The van der Waals surface area contributed by atoms with E-state index in [0.717, 1.165) is 6.42 Å². The second-order valence-electron chi connectivity index (χ2n) is 5.35. The van der Waals surface area contributed by atoms with Gasteiger partial charge < -0.3 is 4.74 Å². The molecule has 0 bridgehead atoms. The predicted octanol–water partition coefficient (Wildman–Crippen LogP) is 0.505. The molecule has 0 saturated heterocycles. The lowest BCUT2D eigenvalue weighted by Gasteiger charge is -2.22. The molecule has 0 aromatic carbocycles. The molecule has 24 heavy (non-hydrogen) atoms. The Hall–Kier alpha value is -2.35. The Balaban J connectivity index is 1.84. The molecular weight excluding hydrogens is 332 g/mol. The van der Waals surface area contributed by atoms with E-state index < -0.39 is 16.1 Å². The van der Waals surface area contributed by atoms with Gasteiger partial charge in [-0.3, -0.25) is 0 Å². The van der Waals surface area contributed by atoms with Crippen molar-refractivity contribution in [2.24, 2.45) is 0 Å². The van der Waals surface area contributed by atoms with Gasteiger partial charge in [-0.05, 0) is 25.0 Å². The van der Waals surface area contributed by atoms with E-state index in [2.05, 4.69) is 19.8 Å². The van der Waals surface area contributed by atoms with Crippen LogP contribution in [0, 0.1) is 11.3 Å². The number of ether oxygens (including phenoxy) is 1. The molecule has 2 aromatic heterocycles. The zero-order valence-corrected chi connectivity index (χ0v) is 13.8. The maximum Gasteiger partial charge on any atom is 0.242 e. The van der Waals surface area contributed by atoms with Crippen LogP contribution in [0.5, 0.6) is 0 Å². The van der Waals surface area contributed by atoms with E-state index in [-0.39, 0.29) is 17.2 Å². The average molecular weight is 348 g/mol. The van der Waals surface area contributed by atoms with E-state index in [1.54, 1.807) is 11.8 Å². The summed E-state index contributed by atoms with van der Waals surface area (Å²) in [6, 6.07) is 4.12. The van der Waals surface area contributed by atoms with Gasteiger partial charge in [-0.25, -0.2) is 27.8 Å². The Labute approximate surface area is 139 Å². The molecular formula is C14H16N6O3S. The summed E-state index contributed by atoms with van der Waals surface area (Å²) >= 11 is 0. The molecule has 2 aromatic rings. The van der Waals surface area contributed by atoms with Gasteiger partial charge in [0.15, 0.2) is 5.82 Å². The first-order valence-electron chi connectivity index (χ1n) is 7.34. The molecule has 10 heteroatoms. The summed E-state index contributed by atoms with van der Waals surface area (Å²) in [5.41, 5.74) is 0.163. The van der Waals surface area contributed by atoms with Gasteiger partial charge in [0, 0.05) is 19.9 Å². The maximum atomic E-state index is 12.5. The summed E-state index contributed by atoms with van der Waals surface area (Å²) in [7, 11) is -2.21. The molecule has 0 spiro atoms. The number of nitrogens with one attached hydrogen (secondary N) is 1. The van der Waals surface area contributed by atoms with Crippen LogP contribution in [-0.2, 0) is 27.9 Å². The first kappa shape index (κ1) is 16.5. The monoisotopic (exact) mass is 348 g/mol. The van der Waals surface area contributed by atoms with Crippen LogP contribution in [0.25, 0.3) is 0 Å². The van der Waals surface area contributed by atoms with Gasteiger partial charge in [-0.15, -0.1) is 0 Å². The zero-order valence-electron chi connectivity index (χ0n) is 13.0. The quantitative estimate of drug-likeness (QED) is 0.835. The number of nitriles is 1. The van der Waals surface area contributed by atoms with E-state index in [4.69, 9.17) is 10.00 Å². The van der Waals surface area contributed by atoms with Crippen LogP contribution in [0.4, 0.5) is 0 Å². The van der Waals surface area contributed by atoms with E-state index in [1.165, 1.54) is 18.3 Å². The van der Waals surface area contributed by atoms with Gasteiger partial charge in [0.2, 0.25) is 10.0 Å². The fraction of sp³-hybridized carbons (Fsp3) is 0.429. The van der Waals surface area contributed by atoms with E-state index in [9.17, 15) is 8.42 Å². The Morgan fingerprint density at radius 2 is 2.33 bits per heavy atom. The minimum absolute atomic E-state index is 0.00949. The van der Waals surface area contributed by atoms with Crippen molar-refractivity contribution in [3.05, 3.63) is 35.7 Å². The maximum absolute atomic E-state index is 12.5. The number of nitrogens with zero attached hydrogens (tertiary/aromatic N) is 5. The number of hydrogen-bond acceptors (Lipinski definition) is 7. The number of aromatic nitrogens is 4. The fourth-order valence-corrected chi connectivity index (χ4v) is 3.73. The van der Waals surface area contributed by atoms with Crippen molar-refractivity contribution >= 4 is 10.0 Å². The van der Waals surface area contributed by atoms with Crippen LogP contribution in [0.3, 0.4) is 0 Å². The van der Waals surface area contributed by atoms with Gasteiger partial charge in [-0.1, -0.05) is 0 Å². The topological polar surface area (TPSA) is 123 Å². The third-order valence-corrected chi connectivity index (χ3v) is 5.11. The van der Waals surface area contributed by atoms with Crippen molar-refractivity contribution in [1.29, 1.82) is 5.26 Å². The fourth-order valence-electron chi connectivity index (χ4n) is 2.56. The minimum Gasteiger partial charge on any atom is -0.377 e. The Morgan fingerprint density at radius 3 is 3.00 bits per heavy atom. The van der Waals surface area contributed by atoms with Gasteiger partial charge in [-0.2, -0.15) is 10.4 Å². The van der Waals surface area contributed by atoms with Crippen molar-refractivity contribution < 1.29 is 13.2 Å². The highest BCUT2D eigenvalue weighted by Gasteiger charge is 2.29. The summed E-state index contributed by atoms with van der Waals surface area (Å²) in [4.78, 5) is 8.18. The predicted molar refractivity (Wildman–Crippen MR) is 82.0 cm³/mol. The summed E-state index contributed by atoms with van der Waals surface area (Å²) in [5.74, 6) is 1.11. The van der Waals surface area contributed by atoms with Gasteiger partial charge >= 0.3 is 0 Å². The highest BCUT2D eigenvalue weighted by atomic mass is 32.2. The molecule has 1 N–H and O–H groups in total. The van der Waals surface area contributed by atoms with Gasteiger partial charge in [0.1, 0.15) is 29.1 Å². The standard InChI is InChI=1S/C14H16N6O3S/c1-23-9-13-17-14-12(3-2-6-20(14)18-13)19-24(21,22)11-5-4-10(7-15)16-8-11/h4-5,8,12,19H,2-3,6,9H2,1H3/t12-/m0/s1. The molecule has 3 heterocycles. The molecule has 0 radical (unpaired) electrons. The SMILES string of the molecule is COCc1nc2n(n1)CCC[C@@H]2NS(=O)(=O)c1ccc(C#N)nc1. The molecule has 0 amide bonds. The normalized spacial score (nSPS) is 17.2. The molecule has 0 fully saturated rings. The third kappa shape index (κ3) is 3.28. The van der Waals surface area contributed by atoms with Crippen LogP contribution in [0.1, 0.15) is 36.2 Å². The van der Waals surface area contributed by atoms with Crippen LogP contribution in [-0.4, -0.2) is 35.3 Å². The van der Waals surface area contributed by atoms with Gasteiger partial charge in [0.05, 0.1) is 6.04 Å². The van der Waals surface area contributed by atoms with Crippen LogP contribution in [0.2, 0.25) is 0 Å². The minimum atomic E-state index is -3.76. The second kappa shape index (κ2) is 6.64.